The Morgan fingerprint density at radius 3 is 2.45 bits per heavy atom. The van der Waals surface area contributed by atoms with Gasteiger partial charge in [0.15, 0.2) is 0 Å². The standard InChI is InChI=1S/C14H26N2O4/c1-4-9(2)12(13(18)19)15-14(20)16(3)10-7-5-6-8-11(10)17/h9-12,17H,4-8H2,1-3H3,(H,15,20)(H,18,19). The molecule has 3 N–H and O–H groups in total. The SMILES string of the molecule is CCC(C)C(NC(=O)N(C)C1CCCCC1O)C(=O)O. The molecule has 1 fully saturated rings. The van der Waals surface area contributed by atoms with Gasteiger partial charge in [0.25, 0.3) is 0 Å². The molecular weight excluding hydrogens is 260 g/mol. The van der Waals surface area contributed by atoms with Crippen molar-refractivity contribution in [1.82, 2.24) is 10.2 Å². The summed E-state index contributed by atoms with van der Waals surface area (Å²) >= 11 is 0. The number of amides is 2. The van der Waals surface area contributed by atoms with Crippen LogP contribution in [0.1, 0.15) is 46.0 Å². The highest BCUT2D eigenvalue weighted by atomic mass is 16.4. The number of nitrogens with one attached hydrogen (secondary N) is 1. The van der Waals surface area contributed by atoms with E-state index in [0.717, 1.165) is 19.3 Å². The first-order chi connectivity index (χ1) is 9.38. The Balaban J connectivity index is 2.65. The van der Waals surface area contributed by atoms with Crippen LogP contribution in [0.2, 0.25) is 0 Å². The normalized spacial score (nSPS) is 25.6. The minimum Gasteiger partial charge on any atom is -0.480 e. The number of carbonyl (C=O) groups is 2. The molecule has 1 aliphatic rings. The summed E-state index contributed by atoms with van der Waals surface area (Å²) in [5, 5.41) is 21.7. The summed E-state index contributed by atoms with van der Waals surface area (Å²) in [7, 11) is 1.62. The van der Waals surface area contributed by atoms with Crippen molar-refractivity contribution in [2.75, 3.05) is 7.05 Å². The molecule has 0 saturated heterocycles. The van der Waals surface area contributed by atoms with Crippen LogP contribution >= 0.6 is 0 Å². The van der Waals surface area contributed by atoms with Crippen LogP contribution in [0, 0.1) is 5.92 Å². The molecule has 4 unspecified atom stereocenters. The van der Waals surface area contributed by atoms with Crippen molar-refractivity contribution < 1.29 is 19.8 Å². The van der Waals surface area contributed by atoms with Crippen LogP contribution in [-0.2, 0) is 4.79 Å². The monoisotopic (exact) mass is 286 g/mol. The van der Waals surface area contributed by atoms with Crippen LogP contribution in [0.4, 0.5) is 4.79 Å². The fourth-order valence-electron chi connectivity index (χ4n) is 2.61. The lowest BCUT2D eigenvalue weighted by atomic mass is 9.92. The van der Waals surface area contributed by atoms with E-state index in [-0.39, 0.29) is 12.0 Å². The van der Waals surface area contributed by atoms with Gasteiger partial charge in [0.2, 0.25) is 0 Å². The quantitative estimate of drug-likeness (QED) is 0.713. The predicted molar refractivity (Wildman–Crippen MR) is 75.4 cm³/mol. The third kappa shape index (κ3) is 4.10. The summed E-state index contributed by atoms with van der Waals surface area (Å²) in [6.07, 6.45) is 3.55. The highest BCUT2D eigenvalue weighted by Gasteiger charge is 2.32. The topological polar surface area (TPSA) is 89.9 Å². The molecule has 0 bridgehead atoms. The maximum Gasteiger partial charge on any atom is 0.326 e. The van der Waals surface area contributed by atoms with Crippen molar-refractivity contribution in [3.63, 3.8) is 0 Å². The van der Waals surface area contributed by atoms with Crippen molar-refractivity contribution in [2.45, 2.75) is 64.1 Å². The average Bonchev–Trinajstić information content (AvgIpc) is 2.43. The lowest BCUT2D eigenvalue weighted by Gasteiger charge is -2.36. The molecule has 4 atom stereocenters. The van der Waals surface area contributed by atoms with Gasteiger partial charge >= 0.3 is 12.0 Å². The van der Waals surface area contributed by atoms with E-state index < -0.39 is 24.1 Å². The molecule has 1 aliphatic carbocycles. The first kappa shape index (κ1) is 16.8. The summed E-state index contributed by atoms with van der Waals surface area (Å²) in [5.74, 6) is -1.16. The third-order valence-corrected chi connectivity index (χ3v) is 4.27. The number of carboxylic acids is 1. The zero-order chi connectivity index (χ0) is 15.3. The molecule has 0 heterocycles. The van der Waals surface area contributed by atoms with Gasteiger partial charge in [-0.05, 0) is 18.8 Å². The Bertz CT molecular complexity index is 348. The Labute approximate surface area is 120 Å². The molecule has 0 spiro atoms. The van der Waals surface area contributed by atoms with Gasteiger partial charge < -0.3 is 20.4 Å². The number of aliphatic hydroxyl groups excluding tert-OH is 1. The zero-order valence-corrected chi connectivity index (χ0v) is 12.5. The van der Waals surface area contributed by atoms with E-state index in [1.54, 1.807) is 14.0 Å². The lowest BCUT2D eigenvalue weighted by Crippen LogP contribution is -2.54. The Hall–Kier alpha value is -1.30. The average molecular weight is 286 g/mol. The Morgan fingerprint density at radius 2 is 1.95 bits per heavy atom. The van der Waals surface area contributed by atoms with Gasteiger partial charge in [-0.3, -0.25) is 0 Å². The molecule has 0 aromatic carbocycles. The molecule has 0 aromatic rings. The van der Waals surface area contributed by atoms with Gasteiger partial charge in [0.1, 0.15) is 6.04 Å². The Kier molecular flexibility index (Phi) is 6.26. The second-order valence-electron chi connectivity index (χ2n) is 5.68. The van der Waals surface area contributed by atoms with Gasteiger partial charge in [-0.2, -0.15) is 0 Å². The fourth-order valence-corrected chi connectivity index (χ4v) is 2.61. The molecule has 0 radical (unpaired) electrons. The van der Waals surface area contributed by atoms with Crippen molar-refractivity contribution >= 4 is 12.0 Å². The van der Waals surface area contributed by atoms with Crippen LogP contribution in [0.25, 0.3) is 0 Å². The number of rotatable bonds is 5. The number of carbonyl (C=O) groups excluding carboxylic acids is 1. The van der Waals surface area contributed by atoms with E-state index in [4.69, 9.17) is 0 Å². The lowest BCUT2D eigenvalue weighted by molar-refractivity contribution is -0.140. The van der Waals surface area contributed by atoms with E-state index in [1.807, 2.05) is 6.92 Å². The van der Waals surface area contributed by atoms with Crippen molar-refractivity contribution in [3.05, 3.63) is 0 Å². The first-order valence-corrected chi connectivity index (χ1v) is 7.32. The summed E-state index contributed by atoms with van der Waals surface area (Å²) in [6, 6.07) is -1.55. The summed E-state index contributed by atoms with van der Waals surface area (Å²) in [6.45, 7) is 3.69. The minimum absolute atomic E-state index is 0.138. The number of hydrogen-bond acceptors (Lipinski definition) is 3. The molecule has 116 valence electrons. The number of aliphatic carboxylic acids is 1. The van der Waals surface area contributed by atoms with Crippen molar-refractivity contribution in [2.24, 2.45) is 5.92 Å². The van der Waals surface area contributed by atoms with Crippen LogP contribution < -0.4 is 5.32 Å². The van der Waals surface area contributed by atoms with Crippen molar-refractivity contribution in [3.8, 4) is 0 Å². The van der Waals surface area contributed by atoms with Gasteiger partial charge in [-0.25, -0.2) is 9.59 Å². The van der Waals surface area contributed by atoms with Gasteiger partial charge in [0, 0.05) is 7.05 Å². The smallest absolute Gasteiger partial charge is 0.326 e. The molecule has 6 heteroatoms. The van der Waals surface area contributed by atoms with Crippen molar-refractivity contribution in [1.29, 1.82) is 0 Å². The van der Waals surface area contributed by atoms with Gasteiger partial charge in [0.05, 0.1) is 12.1 Å². The number of urea groups is 1. The highest BCUT2D eigenvalue weighted by molar-refractivity contribution is 5.82. The molecule has 0 aliphatic heterocycles. The highest BCUT2D eigenvalue weighted by Crippen LogP contribution is 2.22. The molecule has 6 nitrogen and oxygen atoms in total. The van der Waals surface area contributed by atoms with E-state index >= 15 is 0 Å². The number of hydrogen-bond donors (Lipinski definition) is 3. The van der Waals surface area contributed by atoms with Crippen LogP contribution in [0.5, 0.6) is 0 Å². The molecule has 1 rings (SSSR count). The van der Waals surface area contributed by atoms with Gasteiger partial charge in [-0.15, -0.1) is 0 Å². The van der Waals surface area contributed by atoms with Crippen LogP contribution in [0.15, 0.2) is 0 Å². The second kappa shape index (κ2) is 7.47. The van der Waals surface area contributed by atoms with Crippen LogP contribution in [0.3, 0.4) is 0 Å². The fraction of sp³-hybridized carbons (Fsp3) is 0.857. The molecule has 0 aromatic heterocycles. The van der Waals surface area contributed by atoms with E-state index in [0.29, 0.717) is 12.8 Å². The van der Waals surface area contributed by atoms with Gasteiger partial charge in [-0.1, -0.05) is 33.1 Å². The van der Waals surface area contributed by atoms with E-state index in [1.165, 1.54) is 4.90 Å². The first-order valence-electron chi connectivity index (χ1n) is 7.32. The maximum atomic E-state index is 12.2. The number of carboxylic acid groups (broad SMARTS) is 1. The molecule has 20 heavy (non-hydrogen) atoms. The summed E-state index contributed by atoms with van der Waals surface area (Å²) < 4.78 is 0. The zero-order valence-electron chi connectivity index (χ0n) is 12.5. The van der Waals surface area contributed by atoms with E-state index in [2.05, 4.69) is 5.32 Å². The van der Waals surface area contributed by atoms with Crippen LogP contribution in [-0.4, -0.2) is 52.3 Å². The third-order valence-electron chi connectivity index (χ3n) is 4.27. The Morgan fingerprint density at radius 1 is 1.35 bits per heavy atom. The summed E-state index contributed by atoms with van der Waals surface area (Å²) in [5.41, 5.74) is 0. The molecule has 2 amide bonds. The number of aliphatic hydroxyl groups is 1. The molecule has 1 saturated carbocycles. The number of nitrogens with zero attached hydrogens (tertiary/aromatic N) is 1. The summed E-state index contributed by atoms with van der Waals surface area (Å²) in [4.78, 5) is 24.8. The number of likely N-dealkylation sites (N-methyl/N-ethyl adjacent to an activating group) is 1. The minimum atomic E-state index is -1.02. The predicted octanol–water partition coefficient (Wildman–Crippen LogP) is 1.43. The largest absolute Gasteiger partial charge is 0.480 e. The van der Waals surface area contributed by atoms with E-state index in [9.17, 15) is 19.8 Å². The second-order valence-corrected chi connectivity index (χ2v) is 5.68. The molecular formula is C14H26N2O4. The maximum absolute atomic E-state index is 12.2.